The van der Waals surface area contributed by atoms with Crippen molar-refractivity contribution in [2.24, 2.45) is 0 Å². The Morgan fingerprint density at radius 1 is 1.14 bits per heavy atom. The SMILES string of the molecule is CC1=C(C#N)C(=O)N(CCO)C(=O)/C1=C/c1ccc(-c2cccc(C(=O)OCc3ccccc3Cl)c2)o1. The van der Waals surface area contributed by atoms with Gasteiger partial charge in [-0.15, -0.1) is 0 Å². The van der Waals surface area contributed by atoms with Gasteiger partial charge in [-0.1, -0.05) is 41.9 Å². The molecule has 186 valence electrons. The van der Waals surface area contributed by atoms with Gasteiger partial charge >= 0.3 is 5.97 Å². The number of carbonyl (C=O) groups excluding carboxylic acids is 3. The highest BCUT2D eigenvalue weighted by Crippen LogP contribution is 2.29. The Morgan fingerprint density at radius 3 is 2.65 bits per heavy atom. The van der Waals surface area contributed by atoms with Crippen LogP contribution < -0.4 is 0 Å². The summed E-state index contributed by atoms with van der Waals surface area (Å²) in [5.74, 6) is -1.16. The van der Waals surface area contributed by atoms with Gasteiger partial charge in [-0.05, 0) is 48.9 Å². The molecule has 9 heteroatoms. The summed E-state index contributed by atoms with van der Waals surface area (Å²) >= 11 is 6.12. The van der Waals surface area contributed by atoms with Crippen molar-refractivity contribution in [2.75, 3.05) is 13.2 Å². The van der Waals surface area contributed by atoms with Gasteiger partial charge < -0.3 is 14.3 Å². The first-order chi connectivity index (χ1) is 17.8. The molecule has 0 unspecified atom stereocenters. The maximum absolute atomic E-state index is 12.9. The van der Waals surface area contributed by atoms with E-state index in [-0.39, 0.29) is 29.9 Å². The Morgan fingerprint density at radius 2 is 1.92 bits per heavy atom. The van der Waals surface area contributed by atoms with Crippen LogP contribution in [0.25, 0.3) is 17.4 Å². The predicted molar refractivity (Wildman–Crippen MR) is 135 cm³/mol. The van der Waals surface area contributed by atoms with Crippen molar-refractivity contribution < 1.29 is 28.6 Å². The van der Waals surface area contributed by atoms with E-state index in [1.165, 1.54) is 13.0 Å². The van der Waals surface area contributed by atoms with Crippen molar-refractivity contribution in [3.8, 4) is 17.4 Å². The molecule has 0 radical (unpaired) electrons. The summed E-state index contributed by atoms with van der Waals surface area (Å²) in [5.41, 5.74) is 1.79. The summed E-state index contributed by atoms with van der Waals surface area (Å²) in [6.07, 6.45) is 1.44. The Bertz CT molecular complexity index is 1490. The van der Waals surface area contributed by atoms with E-state index in [2.05, 4.69) is 0 Å². The molecule has 2 aromatic carbocycles. The number of nitrogens with zero attached hydrogens (tertiary/aromatic N) is 2. The van der Waals surface area contributed by atoms with Gasteiger partial charge in [-0.3, -0.25) is 14.5 Å². The van der Waals surface area contributed by atoms with E-state index < -0.39 is 24.4 Å². The van der Waals surface area contributed by atoms with Crippen molar-refractivity contribution in [3.05, 3.63) is 99.3 Å². The average Bonchev–Trinajstić information content (AvgIpc) is 3.38. The molecule has 1 aromatic heterocycles. The largest absolute Gasteiger partial charge is 0.457 e. The third-order valence-corrected chi connectivity index (χ3v) is 6.13. The maximum Gasteiger partial charge on any atom is 0.338 e. The van der Waals surface area contributed by atoms with Gasteiger partial charge in [-0.2, -0.15) is 5.26 Å². The lowest BCUT2D eigenvalue weighted by atomic mass is 9.95. The summed E-state index contributed by atoms with van der Waals surface area (Å²) in [5, 5.41) is 19.1. The Balaban J connectivity index is 1.57. The number of carbonyl (C=O) groups is 3. The number of hydrogen-bond donors (Lipinski definition) is 1. The molecule has 1 aliphatic heterocycles. The molecule has 0 bridgehead atoms. The van der Waals surface area contributed by atoms with Gasteiger partial charge in [0.1, 0.15) is 29.8 Å². The lowest BCUT2D eigenvalue weighted by Crippen LogP contribution is -2.44. The third-order valence-electron chi connectivity index (χ3n) is 5.76. The van der Waals surface area contributed by atoms with E-state index in [0.29, 0.717) is 33.2 Å². The molecule has 3 aromatic rings. The normalized spacial score (nSPS) is 14.8. The number of imide groups is 1. The highest BCUT2D eigenvalue weighted by Gasteiger charge is 2.35. The molecule has 4 rings (SSSR count). The first-order valence-corrected chi connectivity index (χ1v) is 11.6. The lowest BCUT2D eigenvalue weighted by molar-refractivity contribution is -0.141. The number of furan rings is 1. The Kier molecular flexibility index (Phi) is 7.68. The van der Waals surface area contributed by atoms with Crippen LogP contribution in [0.4, 0.5) is 0 Å². The van der Waals surface area contributed by atoms with Gasteiger partial charge in [0.2, 0.25) is 0 Å². The Labute approximate surface area is 217 Å². The van der Waals surface area contributed by atoms with Crippen LogP contribution in [0.3, 0.4) is 0 Å². The van der Waals surface area contributed by atoms with E-state index in [1.807, 2.05) is 6.07 Å². The first-order valence-electron chi connectivity index (χ1n) is 11.2. The number of aliphatic hydroxyl groups is 1. The number of hydrogen-bond acceptors (Lipinski definition) is 7. The number of nitriles is 1. The standard InChI is InChI=1S/C28H21ClN2O6/c1-17-22(26(33)31(11-12-32)27(34)23(17)15-30)14-21-9-10-25(37-21)18-6-4-7-19(13-18)28(35)36-16-20-5-2-3-8-24(20)29/h2-10,13-14,32H,11-12,16H2,1H3/b22-14+. The number of esters is 1. The van der Waals surface area contributed by atoms with Gasteiger partial charge in [-0.25, -0.2) is 4.79 Å². The van der Waals surface area contributed by atoms with Crippen molar-refractivity contribution in [1.82, 2.24) is 4.90 Å². The smallest absolute Gasteiger partial charge is 0.338 e. The van der Waals surface area contributed by atoms with Crippen molar-refractivity contribution in [2.45, 2.75) is 13.5 Å². The number of aliphatic hydroxyl groups excluding tert-OH is 1. The second-order valence-corrected chi connectivity index (χ2v) is 8.51. The first kappa shape index (κ1) is 25.6. The van der Waals surface area contributed by atoms with Crippen LogP contribution >= 0.6 is 11.6 Å². The number of rotatable bonds is 7. The zero-order valence-electron chi connectivity index (χ0n) is 19.7. The molecular weight excluding hydrogens is 496 g/mol. The summed E-state index contributed by atoms with van der Waals surface area (Å²) in [4.78, 5) is 38.7. The molecule has 2 amide bonds. The van der Waals surface area contributed by atoms with E-state index in [1.54, 1.807) is 60.7 Å². The maximum atomic E-state index is 12.9. The van der Waals surface area contributed by atoms with Crippen LogP contribution in [0.15, 0.2) is 81.8 Å². The molecule has 0 atom stereocenters. The minimum Gasteiger partial charge on any atom is -0.457 e. The second-order valence-electron chi connectivity index (χ2n) is 8.11. The molecule has 0 aliphatic carbocycles. The zero-order valence-corrected chi connectivity index (χ0v) is 20.5. The van der Waals surface area contributed by atoms with Gasteiger partial charge in [0.15, 0.2) is 0 Å². The number of ether oxygens (including phenoxy) is 1. The molecule has 1 N–H and O–H groups in total. The van der Waals surface area contributed by atoms with Gasteiger partial charge in [0.25, 0.3) is 11.8 Å². The molecule has 2 heterocycles. The van der Waals surface area contributed by atoms with Crippen LogP contribution in [-0.2, 0) is 20.9 Å². The van der Waals surface area contributed by atoms with Gasteiger partial charge in [0.05, 0.1) is 18.7 Å². The molecule has 0 saturated carbocycles. The molecule has 37 heavy (non-hydrogen) atoms. The fraction of sp³-hybridized carbons (Fsp3) is 0.143. The molecule has 8 nitrogen and oxygen atoms in total. The molecule has 0 saturated heterocycles. The van der Waals surface area contributed by atoms with Crippen molar-refractivity contribution >= 4 is 35.5 Å². The van der Waals surface area contributed by atoms with Crippen LogP contribution in [0.5, 0.6) is 0 Å². The van der Waals surface area contributed by atoms with Gasteiger partial charge in [0, 0.05) is 21.7 Å². The number of amides is 2. The van der Waals surface area contributed by atoms with E-state index >= 15 is 0 Å². The molecule has 0 fully saturated rings. The topological polar surface area (TPSA) is 121 Å². The van der Waals surface area contributed by atoms with Crippen molar-refractivity contribution in [3.63, 3.8) is 0 Å². The van der Waals surface area contributed by atoms with Crippen LogP contribution in [0.2, 0.25) is 5.02 Å². The molecular formula is C28H21ClN2O6. The summed E-state index contributed by atoms with van der Waals surface area (Å²) in [7, 11) is 0. The zero-order chi connectivity index (χ0) is 26.5. The summed E-state index contributed by atoms with van der Waals surface area (Å²) in [6.45, 7) is 0.890. The third kappa shape index (κ3) is 5.38. The van der Waals surface area contributed by atoms with Crippen molar-refractivity contribution in [1.29, 1.82) is 5.26 Å². The van der Waals surface area contributed by atoms with Crippen LogP contribution in [-0.4, -0.2) is 40.9 Å². The average molecular weight is 517 g/mol. The highest BCUT2D eigenvalue weighted by molar-refractivity contribution is 6.31. The monoisotopic (exact) mass is 516 g/mol. The Hall–Kier alpha value is -4.45. The summed E-state index contributed by atoms with van der Waals surface area (Å²) in [6, 6.07) is 18.9. The minimum absolute atomic E-state index is 0.0303. The van der Waals surface area contributed by atoms with Crippen LogP contribution in [0, 0.1) is 11.3 Å². The second kappa shape index (κ2) is 11.1. The summed E-state index contributed by atoms with van der Waals surface area (Å²) < 4.78 is 11.3. The number of benzene rings is 2. The highest BCUT2D eigenvalue weighted by atomic mass is 35.5. The number of halogens is 1. The fourth-order valence-corrected chi connectivity index (χ4v) is 3.99. The fourth-order valence-electron chi connectivity index (χ4n) is 3.80. The number of β-amino-alcohol motifs (C(OH)–C–C–N with tert-alkyl or cyclic N) is 1. The van der Waals surface area contributed by atoms with E-state index in [0.717, 1.165) is 4.90 Å². The minimum atomic E-state index is -0.741. The molecule has 1 aliphatic rings. The predicted octanol–water partition coefficient (Wildman–Crippen LogP) is 4.54. The quantitative estimate of drug-likeness (QED) is 0.278. The van der Waals surface area contributed by atoms with Crippen LogP contribution in [0.1, 0.15) is 28.6 Å². The molecule has 0 spiro atoms. The van der Waals surface area contributed by atoms with E-state index in [4.69, 9.17) is 20.8 Å². The lowest BCUT2D eigenvalue weighted by Gasteiger charge is -2.26. The van der Waals surface area contributed by atoms with E-state index in [9.17, 15) is 24.8 Å².